The van der Waals surface area contributed by atoms with E-state index in [4.69, 9.17) is 10.5 Å². The Morgan fingerprint density at radius 1 is 1.33 bits per heavy atom. The summed E-state index contributed by atoms with van der Waals surface area (Å²) in [6, 6.07) is 5.68. The second-order valence-corrected chi connectivity index (χ2v) is 7.32. The molecule has 2 aromatic heterocycles. The SMILES string of the molecule is CC(C)(C)OC(=O)N1CCn2c(c(C(N)=O)c(C#N)c2-c2cccnc2)C1. The lowest BCUT2D eigenvalue weighted by molar-refractivity contribution is 0.0198. The summed E-state index contributed by atoms with van der Waals surface area (Å²) < 4.78 is 7.30. The monoisotopic (exact) mass is 367 g/mol. The fraction of sp³-hybridized carbons (Fsp3) is 0.368. The molecule has 0 fully saturated rings. The van der Waals surface area contributed by atoms with E-state index in [1.54, 1.807) is 39.2 Å². The van der Waals surface area contributed by atoms with E-state index in [-0.39, 0.29) is 17.7 Å². The quantitative estimate of drug-likeness (QED) is 0.874. The molecule has 3 rings (SSSR count). The third-order valence-electron chi connectivity index (χ3n) is 4.25. The molecule has 2 N–H and O–H groups in total. The zero-order valence-corrected chi connectivity index (χ0v) is 15.5. The van der Waals surface area contributed by atoms with Gasteiger partial charge in [-0.25, -0.2) is 4.79 Å². The number of nitriles is 1. The van der Waals surface area contributed by atoms with Crippen LogP contribution in [0.3, 0.4) is 0 Å². The Morgan fingerprint density at radius 2 is 2.07 bits per heavy atom. The Morgan fingerprint density at radius 3 is 2.63 bits per heavy atom. The molecule has 1 aliphatic rings. The van der Waals surface area contributed by atoms with Crippen molar-refractivity contribution in [1.29, 1.82) is 5.26 Å². The van der Waals surface area contributed by atoms with Crippen molar-refractivity contribution in [2.45, 2.75) is 39.5 Å². The Labute approximate surface area is 157 Å². The lowest BCUT2D eigenvalue weighted by Crippen LogP contribution is -2.42. The van der Waals surface area contributed by atoms with E-state index in [0.717, 1.165) is 0 Å². The molecule has 0 saturated heterocycles. The molecule has 2 amide bonds. The molecule has 0 bridgehead atoms. The van der Waals surface area contributed by atoms with Crippen molar-refractivity contribution in [3.63, 3.8) is 0 Å². The fourth-order valence-electron chi connectivity index (χ4n) is 3.22. The molecular formula is C19H21N5O3. The topological polar surface area (TPSA) is 114 Å². The molecule has 0 aliphatic carbocycles. The number of amides is 2. The van der Waals surface area contributed by atoms with E-state index in [2.05, 4.69) is 11.1 Å². The van der Waals surface area contributed by atoms with E-state index in [0.29, 0.717) is 30.0 Å². The van der Waals surface area contributed by atoms with Crippen molar-refractivity contribution in [3.8, 4) is 17.3 Å². The number of rotatable bonds is 2. The number of carbonyl (C=O) groups is 2. The summed E-state index contributed by atoms with van der Waals surface area (Å²) in [4.78, 5) is 30.2. The third kappa shape index (κ3) is 3.49. The second kappa shape index (κ2) is 6.76. The molecule has 0 atom stereocenters. The van der Waals surface area contributed by atoms with E-state index < -0.39 is 17.6 Å². The summed E-state index contributed by atoms with van der Waals surface area (Å²) >= 11 is 0. The van der Waals surface area contributed by atoms with Crippen LogP contribution in [0, 0.1) is 11.3 Å². The minimum Gasteiger partial charge on any atom is -0.444 e. The molecule has 3 heterocycles. The number of ether oxygens (including phenoxy) is 1. The third-order valence-corrected chi connectivity index (χ3v) is 4.25. The molecule has 0 saturated carbocycles. The van der Waals surface area contributed by atoms with Gasteiger partial charge >= 0.3 is 6.09 Å². The van der Waals surface area contributed by atoms with E-state index >= 15 is 0 Å². The van der Waals surface area contributed by atoms with E-state index in [1.807, 2.05) is 10.6 Å². The molecule has 0 unspecified atom stereocenters. The molecule has 27 heavy (non-hydrogen) atoms. The number of nitrogens with zero attached hydrogens (tertiary/aromatic N) is 4. The van der Waals surface area contributed by atoms with Crippen molar-refractivity contribution < 1.29 is 14.3 Å². The number of carbonyl (C=O) groups excluding carboxylic acids is 2. The Kier molecular flexibility index (Phi) is 4.62. The Hall–Kier alpha value is -3.34. The summed E-state index contributed by atoms with van der Waals surface area (Å²) in [5, 5.41) is 9.69. The first-order valence-corrected chi connectivity index (χ1v) is 8.56. The second-order valence-electron chi connectivity index (χ2n) is 7.32. The average Bonchev–Trinajstić information content (AvgIpc) is 2.94. The highest BCUT2D eigenvalue weighted by atomic mass is 16.6. The number of hydrogen-bond acceptors (Lipinski definition) is 5. The summed E-state index contributed by atoms with van der Waals surface area (Å²) in [5.41, 5.74) is 7.15. The van der Waals surface area contributed by atoms with Gasteiger partial charge in [-0.3, -0.25) is 9.78 Å². The average molecular weight is 367 g/mol. The predicted octanol–water partition coefficient (Wildman–Crippen LogP) is 2.27. The van der Waals surface area contributed by atoms with Crippen LogP contribution in [0.4, 0.5) is 4.79 Å². The lowest BCUT2D eigenvalue weighted by Gasteiger charge is -2.32. The van der Waals surface area contributed by atoms with Crippen LogP contribution in [0.2, 0.25) is 0 Å². The number of primary amides is 1. The number of fused-ring (bicyclic) bond motifs is 1. The summed E-state index contributed by atoms with van der Waals surface area (Å²) in [5.74, 6) is -0.698. The standard InChI is InChI=1S/C19H21N5O3/c1-19(2,3)27-18(26)23-7-8-24-14(11-23)15(17(21)25)13(9-20)16(24)12-5-4-6-22-10-12/h4-6,10H,7-8,11H2,1-3H3,(H2,21,25). The van der Waals surface area contributed by atoms with Crippen LogP contribution < -0.4 is 5.73 Å². The molecule has 1 aliphatic heterocycles. The first-order valence-electron chi connectivity index (χ1n) is 8.56. The van der Waals surface area contributed by atoms with Gasteiger partial charge in [-0.2, -0.15) is 5.26 Å². The Balaban J connectivity index is 2.09. The van der Waals surface area contributed by atoms with E-state index in [1.165, 1.54) is 4.90 Å². The zero-order chi connectivity index (χ0) is 19.8. The van der Waals surface area contributed by atoms with Gasteiger partial charge in [0.05, 0.1) is 29.1 Å². The molecular weight excluding hydrogens is 346 g/mol. The number of pyridine rings is 1. The van der Waals surface area contributed by atoms with Crippen molar-refractivity contribution in [2.24, 2.45) is 5.73 Å². The molecule has 0 spiro atoms. The van der Waals surface area contributed by atoms with Gasteiger partial charge in [-0.15, -0.1) is 0 Å². The smallest absolute Gasteiger partial charge is 0.410 e. The highest BCUT2D eigenvalue weighted by molar-refractivity contribution is 5.99. The maximum atomic E-state index is 12.4. The molecule has 2 aromatic rings. The maximum Gasteiger partial charge on any atom is 0.410 e. The minimum atomic E-state index is -0.698. The summed E-state index contributed by atoms with van der Waals surface area (Å²) in [6.07, 6.45) is 2.80. The first kappa shape index (κ1) is 18.5. The van der Waals surface area contributed by atoms with Crippen LogP contribution in [0.1, 0.15) is 42.4 Å². The number of aromatic nitrogens is 2. The highest BCUT2D eigenvalue weighted by Crippen LogP contribution is 2.34. The summed E-state index contributed by atoms with van der Waals surface area (Å²) in [7, 11) is 0. The van der Waals surface area contributed by atoms with Crippen LogP contribution in [0.5, 0.6) is 0 Å². The molecule has 8 heteroatoms. The molecule has 0 radical (unpaired) electrons. The van der Waals surface area contributed by atoms with Gasteiger partial charge in [0.2, 0.25) is 0 Å². The van der Waals surface area contributed by atoms with Gasteiger partial charge in [0.15, 0.2) is 0 Å². The zero-order valence-electron chi connectivity index (χ0n) is 15.5. The van der Waals surface area contributed by atoms with Crippen LogP contribution >= 0.6 is 0 Å². The van der Waals surface area contributed by atoms with Gasteiger partial charge in [0, 0.05) is 31.0 Å². The molecule has 0 aromatic carbocycles. The van der Waals surface area contributed by atoms with Gasteiger partial charge in [0.1, 0.15) is 11.7 Å². The Bertz CT molecular complexity index is 935. The minimum absolute atomic E-state index is 0.141. The van der Waals surface area contributed by atoms with Gasteiger partial charge in [0.25, 0.3) is 5.91 Å². The largest absolute Gasteiger partial charge is 0.444 e. The van der Waals surface area contributed by atoms with Crippen molar-refractivity contribution in [2.75, 3.05) is 6.54 Å². The fourth-order valence-corrected chi connectivity index (χ4v) is 3.22. The highest BCUT2D eigenvalue weighted by Gasteiger charge is 2.33. The van der Waals surface area contributed by atoms with Crippen molar-refractivity contribution in [3.05, 3.63) is 41.3 Å². The van der Waals surface area contributed by atoms with Crippen molar-refractivity contribution >= 4 is 12.0 Å². The van der Waals surface area contributed by atoms with Gasteiger partial charge in [-0.05, 0) is 32.9 Å². The van der Waals surface area contributed by atoms with Gasteiger partial charge < -0.3 is 19.9 Å². The van der Waals surface area contributed by atoms with Crippen LogP contribution in [-0.4, -0.2) is 38.6 Å². The molecule has 8 nitrogen and oxygen atoms in total. The van der Waals surface area contributed by atoms with Crippen LogP contribution in [0.25, 0.3) is 11.3 Å². The van der Waals surface area contributed by atoms with E-state index in [9.17, 15) is 14.9 Å². The predicted molar refractivity (Wildman–Crippen MR) is 97.5 cm³/mol. The van der Waals surface area contributed by atoms with Crippen molar-refractivity contribution in [1.82, 2.24) is 14.5 Å². The van der Waals surface area contributed by atoms with Crippen LogP contribution in [0.15, 0.2) is 24.5 Å². The van der Waals surface area contributed by atoms with Crippen LogP contribution in [-0.2, 0) is 17.8 Å². The first-order chi connectivity index (χ1) is 12.7. The normalized spacial score (nSPS) is 13.6. The van der Waals surface area contributed by atoms with Gasteiger partial charge in [-0.1, -0.05) is 0 Å². The summed E-state index contributed by atoms with van der Waals surface area (Å²) in [6.45, 7) is 6.33. The number of nitrogens with two attached hydrogens (primary N) is 1. The number of hydrogen-bond donors (Lipinski definition) is 1. The lowest BCUT2D eigenvalue weighted by atomic mass is 10.1. The maximum absolute atomic E-state index is 12.4. The molecule has 140 valence electrons.